The molecule has 7 heteroatoms. The van der Waals surface area contributed by atoms with Gasteiger partial charge in [0.15, 0.2) is 0 Å². The van der Waals surface area contributed by atoms with Crippen LogP contribution >= 0.6 is 0 Å². The number of aromatic nitrogens is 2. The summed E-state index contributed by atoms with van der Waals surface area (Å²) >= 11 is 0. The molecule has 4 aromatic rings. The number of pyridine rings is 1. The normalized spacial score (nSPS) is 13.3. The first kappa shape index (κ1) is 22.7. The molecule has 0 bridgehead atoms. The summed E-state index contributed by atoms with van der Waals surface area (Å²) in [6, 6.07) is 16.0. The van der Waals surface area contributed by atoms with E-state index in [9.17, 15) is 9.59 Å². The van der Waals surface area contributed by atoms with E-state index in [2.05, 4.69) is 46.5 Å². The lowest BCUT2D eigenvalue weighted by molar-refractivity contribution is 0.0794. The summed E-state index contributed by atoms with van der Waals surface area (Å²) < 4.78 is 4.75. The Morgan fingerprint density at radius 3 is 2.63 bits per heavy atom. The molecule has 1 saturated heterocycles. The zero-order valence-electron chi connectivity index (χ0n) is 19.9. The standard InChI is InChI=1S/C28H28N4O3/c1-3-18-8-4-5-9-21(18)24-17-30-26-22(24)15-20(16-29-26)19-10-11-25(31-28(34)35-2)23(14-19)27(33)32-12-6-7-13-32/h4-5,8-11,14-17H,3,6-7,12-13H2,1-2H3,(H,29,30)(H,31,34). The molecular weight excluding hydrogens is 440 g/mol. The van der Waals surface area contributed by atoms with Crippen molar-refractivity contribution in [3.63, 3.8) is 0 Å². The van der Waals surface area contributed by atoms with Gasteiger partial charge < -0.3 is 14.6 Å². The Morgan fingerprint density at radius 2 is 1.86 bits per heavy atom. The van der Waals surface area contributed by atoms with Gasteiger partial charge in [0.1, 0.15) is 5.65 Å². The molecule has 1 aliphatic heterocycles. The second kappa shape index (κ2) is 9.62. The number of nitrogens with one attached hydrogen (secondary N) is 2. The maximum absolute atomic E-state index is 13.3. The monoisotopic (exact) mass is 468 g/mol. The molecule has 2 N–H and O–H groups in total. The number of ether oxygens (including phenoxy) is 1. The van der Waals surface area contributed by atoms with E-state index in [1.807, 2.05) is 29.3 Å². The molecule has 178 valence electrons. The van der Waals surface area contributed by atoms with Gasteiger partial charge in [-0.1, -0.05) is 37.3 Å². The molecule has 0 saturated carbocycles. The minimum absolute atomic E-state index is 0.0935. The number of rotatable bonds is 5. The summed E-state index contributed by atoms with van der Waals surface area (Å²) in [6.07, 6.45) is 6.11. The minimum Gasteiger partial charge on any atom is -0.453 e. The molecule has 1 aliphatic rings. The number of fused-ring (bicyclic) bond motifs is 1. The maximum atomic E-state index is 13.3. The van der Waals surface area contributed by atoms with Gasteiger partial charge >= 0.3 is 6.09 Å². The summed E-state index contributed by atoms with van der Waals surface area (Å²) in [6.45, 7) is 3.59. The van der Waals surface area contributed by atoms with Crippen LogP contribution in [0.4, 0.5) is 10.5 Å². The highest BCUT2D eigenvalue weighted by molar-refractivity contribution is 6.04. The summed E-state index contributed by atoms with van der Waals surface area (Å²) in [5, 5.41) is 3.70. The van der Waals surface area contributed by atoms with Crippen LogP contribution in [0, 0.1) is 0 Å². The van der Waals surface area contributed by atoms with E-state index in [1.54, 1.807) is 12.3 Å². The molecule has 1 fully saturated rings. The summed E-state index contributed by atoms with van der Waals surface area (Å²) in [4.78, 5) is 35.0. The number of hydrogen-bond acceptors (Lipinski definition) is 4. The largest absolute Gasteiger partial charge is 0.453 e. The lowest BCUT2D eigenvalue weighted by Gasteiger charge is -2.19. The number of likely N-dealkylation sites (tertiary alicyclic amines) is 1. The molecule has 0 atom stereocenters. The summed E-state index contributed by atoms with van der Waals surface area (Å²) in [5.74, 6) is -0.0935. The minimum atomic E-state index is -0.608. The van der Waals surface area contributed by atoms with Crippen molar-refractivity contribution < 1.29 is 14.3 Å². The quantitative estimate of drug-likeness (QED) is 0.383. The van der Waals surface area contributed by atoms with E-state index >= 15 is 0 Å². The van der Waals surface area contributed by atoms with Crippen LogP contribution in [0.1, 0.15) is 35.7 Å². The Kier molecular flexibility index (Phi) is 6.23. The van der Waals surface area contributed by atoms with Crippen molar-refractivity contribution in [1.29, 1.82) is 0 Å². The fourth-order valence-corrected chi connectivity index (χ4v) is 4.74. The highest BCUT2D eigenvalue weighted by Gasteiger charge is 2.23. The number of nitrogens with zero attached hydrogens (tertiary/aromatic N) is 2. The molecule has 5 rings (SSSR count). The first-order chi connectivity index (χ1) is 17.1. The van der Waals surface area contributed by atoms with Gasteiger partial charge in [-0.3, -0.25) is 10.1 Å². The van der Waals surface area contributed by atoms with Crippen molar-refractivity contribution in [3.05, 3.63) is 72.1 Å². The Labute approximate surface area is 204 Å². The van der Waals surface area contributed by atoms with Crippen molar-refractivity contribution in [2.45, 2.75) is 26.2 Å². The molecule has 7 nitrogen and oxygen atoms in total. The first-order valence-corrected chi connectivity index (χ1v) is 11.9. The van der Waals surface area contributed by atoms with Crippen LogP contribution in [-0.4, -0.2) is 47.1 Å². The smallest absolute Gasteiger partial charge is 0.411 e. The predicted molar refractivity (Wildman–Crippen MR) is 138 cm³/mol. The zero-order chi connectivity index (χ0) is 24.4. The van der Waals surface area contributed by atoms with Gasteiger partial charge in [0.2, 0.25) is 0 Å². The van der Waals surface area contributed by atoms with Gasteiger partial charge in [0.25, 0.3) is 5.91 Å². The maximum Gasteiger partial charge on any atom is 0.411 e. The lowest BCUT2D eigenvalue weighted by Crippen LogP contribution is -2.29. The van der Waals surface area contributed by atoms with Crippen LogP contribution < -0.4 is 5.32 Å². The van der Waals surface area contributed by atoms with Crippen LogP contribution in [0.2, 0.25) is 0 Å². The molecule has 2 aromatic heterocycles. The SMILES string of the molecule is CCc1ccccc1-c1c[nH]c2ncc(-c3ccc(NC(=O)OC)c(C(=O)N4CCCC4)c3)cc12. The first-order valence-electron chi connectivity index (χ1n) is 11.9. The number of carbonyl (C=O) groups excluding carboxylic acids is 2. The third-order valence-corrected chi connectivity index (χ3v) is 6.62. The van der Waals surface area contributed by atoms with Crippen molar-refractivity contribution in [2.24, 2.45) is 0 Å². The number of aryl methyl sites for hydroxylation is 1. The number of carbonyl (C=O) groups is 2. The second-order valence-electron chi connectivity index (χ2n) is 8.71. The number of aromatic amines is 1. The van der Waals surface area contributed by atoms with Crippen LogP contribution in [0.5, 0.6) is 0 Å². The van der Waals surface area contributed by atoms with E-state index < -0.39 is 6.09 Å². The fraction of sp³-hybridized carbons (Fsp3) is 0.250. The number of amides is 2. The molecule has 0 aliphatic carbocycles. The van der Waals surface area contributed by atoms with Gasteiger partial charge in [0, 0.05) is 42.0 Å². The molecular formula is C28H28N4O3. The highest BCUT2D eigenvalue weighted by atomic mass is 16.5. The Morgan fingerprint density at radius 1 is 1.06 bits per heavy atom. The molecule has 0 unspecified atom stereocenters. The lowest BCUT2D eigenvalue weighted by atomic mass is 9.96. The fourth-order valence-electron chi connectivity index (χ4n) is 4.74. The van der Waals surface area contributed by atoms with E-state index in [0.717, 1.165) is 60.1 Å². The summed E-state index contributed by atoms with van der Waals surface area (Å²) in [5.41, 5.74) is 7.00. The van der Waals surface area contributed by atoms with E-state index in [-0.39, 0.29) is 5.91 Å². The highest BCUT2D eigenvalue weighted by Crippen LogP contribution is 2.34. The van der Waals surface area contributed by atoms with E-state index in [0.29, 0.717) is 11.3 Å². The van der Waals surface area contributed by atoms with Crippen molar-refractivity contribution in [1.82, 2.24) is 14.9 Å². The topological polar surface area (TPSA) is 87.3 Å². The van der Waals surface area contributed by atoms with Gasteiger partial charge in [-0.05, 0) is 54.2 Å². The number of anilines is 1. The van der Waals surface area contributed by atoms with Crippen LogP contribution in [0.25, 0.3) is 33.3 Å². The van der Waals surface area contributed by atoms with Crippen molar-refractivity contribution >= 4 is 28.7 Å². The van der Waals surface area contributed by atoms with Crippen LogP contribution in [-0.2, 0) is 11.2 Å². The molecule has 2 aromatic carbocycles. The Hall–Kier alpha value is -4.13. The molecule has 0 spiro atoms. The summed E-state index contributed by atoms with van der Waals surface area (Å²) in [7, 11) is 1.30. The second-order valence-corrected chi connectivity index (χ2v) is 8.71. The van der Waals surface area contributed by atoms with Crippen LogP contribution in [0.15, 0.2) is 60.9 Å². The van der Waals surface area contributed by atoms with Gasteiger partial charge in [-0.15, -0.1) is 0 Å². The molecule has 0 radical (unpaired) electrons. The van der Waals surface area contributed by atoms with Gasteiger partial charge in [0.05, 0.1) is 18.4 Å². The number of benzene rings is 2. The average molecular weight is 469 g/mol. The van der Waals surface area contributed by atoms with Crippen molar-refractivity contribution in [3.8, 4) is 22.3 Å². The Balaban J connectivity index is 1.59. The molecule has 3 heterocycles. The van der Waals surface area contributed by atoms with E-state index in [1.165, 1.54) is 18.2 Å². The van der Waals surface area contributed by atoms with Crippen molar-refractivity contribution in [2.75, 3.05) is 25.5 Å². The average Bonchev–Trinajstić information content (AvgIpc) is 3.58. The molecule has 2 amide bonds. The Bertz CT molecular complexity index is 1400. The molecule has 35 heavy (non-hydrogen) atoms. The van der Waals surface area contributed by atoms with Gasteiger partial charge in [-0.2, -0.15) is 0 Å². The number of H-pyrrole nitrogens is 1. The van der Waals surface area contributed by atoms with Gasteiger partial charge in [-0.25, -0.2) is 9.78 Å². The third kappa shape index (κ3) is 4.37. The zero-order valence-corrected chi connectivity index (χ0v) is 19.9. The predicted octanol–water partition coefficient (Wildman–Crippen LogP) is 5.87. The van der Waals surface area contributed by atoms with E-state index in [4.69, 9.17) is 4.74 Å². The van der Waals surface area contributed by atoms with Crippen LogP contribution in [0.3, 0.4) is 0 Å². The third-order valence-electron chi connectivity index (χ3n) is 6.62. The number of methoxy groups -OCH3 is 1. The number of hydrogen-bond donors (Lipinski definition) is 2.